The minimum absolute atomic E-state index is 0.646. The third-order valence-corrected chi connectivity index (χ3v) is 10.8. The normalized spacial score (nSPS) is 11.6. The summed E-state index contributed by atoms with van der Waals surface area (Å²) in [5, 5.41) is 3.46. The van der Waals surface area contributed by atoms with E-state index in [9.17, 15) is 0 Å². The first-order valence-corrected chi connectivity index (χ1v) is 18.9. The van der Waals surface area contributed by atoms with E-state index in [2.05, 4.69) is 148 Å². The molecule has 0 bridgehead atoms. The molecule has 3 aromatic heterocycles. The lowest BCUT2D eigenvalue weighted by atomic mass is 9.94. The topological polar surface area (TPSA) is 48.0 Å². The van der Waals surface area contributed by atoms with E-state index < -0.39 is 0 Å². The highest BCUT2D eigenvalue weighted by atomic mass is 15.1. The van der Waals surface area contributed by atoms with Crippen LogP contribution in [0.25, 0.3) is 100 Å². The molecule has 5 heteroatoms. The Kier molecular flexibility index (Phi) is 7.42. The van der Waals surface area contributed by atoms with E-state index >= 15 is 0 Å². The minimum Gasteiger partial charge on any atom is -0.293 e. The van der Waals surface area contributed by atoms with Crippen molar-refractivity contribution in [1.82, 2.24) is 23.9 Å². The van der Waals surface area contributed by atoms with Crippen LogP contribution in [-0.2, 0) is 0 Å². The van der Waals surface area contributed by atoms with Gasteiger partial charge < -0.3 is 0 Å². The van der Waals surface area contributed by atoms with E-state index in [0.717, 1.165) is 55.4 Å². The fraction of sp³-hybridized carbons (Fsp3) is 0. The van der Waals surface area contributed by atoms with Crippen molar-refractivity contribution in [2.24, 2.45) is 0 Å². The van der Waals surface area contributed by atoms with Gasteiger partial charge in [0.15, 0.2) is 17.5 Å². The number of aromatic nitrogens is 5. The van der Waals surface area contributed by atoms with Crippen molar-refractivity contribution < 1.29 is 0 Å². The lowest BCUT2D eigenvalue weighted by Crippen LogP contribution is -2.00. The van der Waals surface area contributed by atoms with Crippen LogP contribution in [0, 0.1) is 0 Å². The molecule has 0 fully saturated rings. The number of nitrogens with zero attached hydrogens (tertiary/aromatic N) is 5. The third kappa shape index (κ3) is 5.13. The van der Waals surface area contributed by atoms with Gasteiger partial charge in [-0.1, -0.05) is 164 Å². The van der Waals surface area contributed by atoms with Gasteiger partial charge in [0.25, 0.3) is 0 Å². The number of benzene rings is 8. The quantitative estimate of drug-likeness (QED) is 0.172. The number of imidazole rings is 1. The molecule has 0 aliphatic heterocycles. The van der Waals surface area contributed by atoms with Gasteiger partial charge in [0, 0.05) is 33.3 Å². The van der Waals surface area contributed by atoms with Crippen LogP contribution in [-0.4, -0.2) is 23.9 Å². The molecule has 0 radical (unpaired) electrons. The average Bonchev–Trinajstić information content (AvgIpc) is 3.79. The molecule has 0 aliphatic rings. The van der Waals surface area contributed by atoms with E-state index in [0.29, 0.717) is 17.5 Å². The Labute approximate surface area is 323 Å². The van der Waals surface area contributed by atoms with E-state index in [4.69, 9.17) is 15.0 Å². The lowest BCUT2D eigenvalue weighted by Gasteiger charge is -2.14. The highest BCUT2D eigenvalue weighted by Crippen LogP contribution is 2.41. The van der Waals surface area contributed by atoms with Gasteiger partial charge in [-0.3, -0.25) is 8.97 Å². The van der Waals surface area contributed by atoms with Gasteiger partial charge in [0.1, 0.15) is 5.65 Å². The summed E-state index contributed by atoms with van der Waals surface area (Å²) in [6.07, 6.45) is 0. The third-order valence-electron chi connectivity index (χ3n) is 10.8. The largest absolute Gasteiger partial charge is 0.293 e. The molecule has 56 heavy (non-hydrogen) atoms. The highest BCUT2D eigenvalue weighted by Gasteiger charge is 2.22. The summed E-state index contributed by atoms with van der Waals surface area (Å²) in [5.41, 5.74) is 13.4. The Morgan fingerprint density at radius 2 is 0.768 bits per heavy atom. The molecule has 262 valence electrons. The summed E-state index contributed by atoms with van der Waals surface area (Å²) in [4.78, 5) is 15.0. The second-order valence-corrected chi connectivity index (χ2v) is 14.0. The SMILES string of the molecule is c1ccc(-c2nc(-c3ccccc3)nc(-c3ccc(-c4ccc(-n5c6ccccc6n6c7ccccc7c(-c7ccccc7)c56)cc4)c4ccccc34)n2)cc1. The smallest absolute Gasteiger partial charge is 0.164 e. The number of hydrogen-bond acceptors (Lipinski definition) is 3. The van der Waals surface area contributed by atoms with Gasteiger partial charge >= 0.3 is 0 Å². The van der Waals surface area contributed by atoms with E-state index in [1.165, 1.54) is 27.5 Å². The zero-order valence-electron chi connectivity index (χ0n) is 30.3. The maximum atomic E-state index is 5.06. The molecule has 11 aromatic rings. The summed E-state index contributed by atoms with van der Waals surface area (Å²) in [5.74, 6) is 1.94. The van der Waals surface area contributed by atoms with Gasteiger partial charge in [-0.05, 0) is 63.9 Å². The van der Waals surface area contributed by atoms with Gasteiger partial charge in [-0.15, -0.1) is 0 Å². The van der Waals surface area contributed by atoms with Gasteiger partial charge in [0.05, 0.1) is 16.6 Å². The molecule has 0 spiro atoms. The molecule has 0 amide bonds. The fourth-order valence-electron chi connectivity index (χ4n) is 8.25. The van der Waals surface area contributed by atoms with Crippen LogP contribution in [0.5, 0.6) is 0 Å². The Bertz CT molecular complexity index is 3160. The number of hydrogen-bond donors (Lipinski definition) is 0. The van der Waals surface area contributed by atoms with Crippen molar-refractivity contribution in [3.8, 4) is 62.1 Å². The van der Waals surface area contributed by atoms with Crippen LogP contribution < -0.4 is 0 Å². The molecule has 8 aromatic carbocycles. The minimum atomic E-state index is 0.646. The number of fused-ring (bicyclic) bond motifs is 6. The number of para-hydroxylation sites is 3. The van der Waals surface area contributed by atoms with Crippen LogP contribution in [0.4, 0.5) is 0 Å². The Morgan fingerprint density at radius 3 is 1.39 bits per heavy atom. The standard InChI is InChI=1S/C51H33N5/c1-4-16-35(17-5-1)47-43-24-12-13-25-44(43)56-46-27-15-14-26-45(46)55(51(47)56)38-30-28-34(29-31-38)39-32-33-42(41-23-11-10-22-40(39)41)50-53-48(36-18-6-2-7-19-36)52-49(54-50)37-20-8-3-9-21-37/h1-33H. The lowest BCUT2D eigenvalue weighted by molar-refractivity contribution is 1.08. The van der Waals surface area contributed by atoms with E-state index in [1.807, 2.05) is 60.7 Å². The van der Waals surface area contributed by atoms with E-state index in [1.54, 1.807) is 0 Å². The van der Waals surface area contributed by atoms with Gasteiger partial charge in [-0.25, -0.2) is 15.0 Å². The van der Waals surface area contributed by atoms with Crippen molar-refractivity contribution >= 4 is 38.4 Å². The molecule has 0 aliphatic carbocycles. The summed E-state index contributed by atoms with van der Waals surface area (Å²) >= 11 is 0. The molecule has 3 heterocycles. The second kappa shape index (κ2) is 13.0. The van der Waals surface area contributed by atoms with Gasteiger partial charge in [0.2, 0.25) is 0 Å². The first-order chi connectivity index (χ1) is 27.8. The first-order valence-electron chi connectivity index (χ1n) is 18.9. The molecular weight excluding hydrogens is 683 g/mol. The molecule has 0 saturated heterocycles. The van der Waals surface area contributed by atoms with Crippen LogP contribution in [0.15, 0.2) is 200 Å². The molecule has 0 unspecified atom stereocenters. The summed E-state index contributed by atoms with van der Waals surface area (Å²) < 4.78 is 4.83. The van der Waals surface area contributed by atoms with Gasteiger partial charge in [-0.2, -0.15) is 0 Å². The molecule has 5 nitrogen and oxygen atoms in total. The predicted molar refractivity (Wildman–Crippen MR) is 230 cm³/mol. The van der Waals surface area contributed by atoms with Crippen LogP contribution in [0.2, 0.25) is 0 Å². The Balaban J connectivity index is 1.07. The van der Waals surface area contributed by atoms with Crippen LogP contribution >= 0.6 is 0 Å². The average molecular weight is 716 g/mol. The van der Waals surface area contributed by atoms with Crippen molar-refractivity contribution in [1.29, 1.82) is 0 Å². The van der Waals surface area contributed by atoms with Crippen molar-refractivity contribution in [2.45, 2.75) is 0 Å². The summed E-state index contributed by atoms with van der Waals surface area (Å²) in [7, 11) is 0. The van der Waals surface area contributed by atoms with Crippen LogP contribution in [0.1, 0.15) is 0 Å². The van der Waals surface area contributed by atoms with Crippen molar-refractivity contribution in [3.05, 3.63) is 200 Å². The predicted octanol–water partition coefficient (Wildman–Crippen LogP) is 12.7. The summed E-state index contributed by atoms with van der Waals surface area (Å²) in [6.45, 7) is 0. The molecule has 0 N–H and O–H groups in total. The molecular formula is C51H33N5. The zero-order valence-corrected chi connectivity index (χ0v) is 30.3. The van der Waals surface area contributed by atoms with Crippen molar-refractivity contribution in [2.75, 3.05) is 0 Å². The maximum Gasteiger partial charge on any atom is 0.164 e. The molecule has 0 saturated carbocycles. The molecule has 11 rings (SSSR count). The maximum absolute atomic E-state index is 5.06. The Hall–Kier alpha value is -7.63. The number of rotatable bonds is 6. The zero-order chi connectivity index (χ0) is 37.0. The van der Waals surface area contributed by atoms with Crippen molar-refractivity contribution in [3.63, 3.8) is 0 Å². The first kappa shape index (κ1) is 31.9. The molecule has 0 atom stereocenters. The van der Waals surface area contributed by atoms with Crippen LogP contribution in [0.3, 0.4) is 0 Å². The summed E-state index contributed by atoms with van der Waals surface area (Å²) in [6, 6.07) is 70.3. The fourth-order valence-corrected chi connectivity index (χ4v) is 8.25. The highest BCUT2D eigenvalue weighted by molar-refractivity contribution is 6.09. The van der Waals surface area contributed by atoms with E-state index in [-0.39, 0.29) is 0 Å². The Morgan fingerprint density at radius 1 is 0.304 bits per heavy atom. The second-order valence-electron chi connectivity index (χ2n) is 14.0. The monoisotopic (exact) mass is 715 g/mol.